The zero-order valence-electron chi connectivity index (χ0n) is 13.3. The van der Waals surface area contributed by atoms with Crippen molar-refractivity contribution < 1.29 is 14.3 Å². The van der Waals surface area contributed by atoms with Gasteiger partial charge in [0.2, 0.25) is 6.79 Å². The monoisotopic (exact) mass is 352 g/mol. The van der Waals surface area contributed by atoms with Crippen LogP contribution < -0.4 is 20.5 Å². The van der Waals surface area contributed by atoms with Crippen molar-refractivity contribution in [3.8, 4) is 22.6 Å². The Labute approximate surface area is 149 Å². The first-order valence-electron chi connectivity index (χ1n) is 7.81. The van der Waals surface area contributed by atoms with Gasteiger partial charge in [0.25, 0.3) is 5.91 Å². The van der Waals surface area contributed by atoms with E-state index in [0.717, 1.165) is 16.7 Å². The Morgan fingerprint density at radius 2 is 1.92 bits per heavy atom. The summed E-state index contributed by atoms with van der Waals surface area (Å²) in [6, 6.07) is 15.4. The highest BCUT2D eigenvalue weighted by atomic mass is 32.1. The zero-order chi connectivity index (χ0) is 17.2. The minimum Gasteiger partial charge on any atom is -0.454 e. The first kappa shape index (κ1) is 15.5. The number of nitrogen functional groups attached to an aromatic ring is 1. The Bertz CT molecular complexity index is 922. The van der Waals surface area contributed by atoms with Crippen LogP contribution in [0.3, 0.4) is 0 Å². The molecular weight excluding hydrogens is 336 g/mol. The molecule has 5 nitrogen and oxygen atoms in total. The van der Waals surface area contributed by atoms with Gasteiger partial charge < -0.3 is 20.5 Å². The summed E-state index contributed by atoms with van der Waals surface area (Å²) < 4.78 is 10.8. The molecule has 0 saturated carbocycles. The van der Waals surface area contributed by atoms with E-state index in [1.54, 1.807) is 0 Å². The summed E-state index contributed by atoms with van der Waals surface area (Å²) in [7, 11) is 0. The second kappa shape index (κ2) is 6.49. The maximum absolute atomic E-state index is 12.7. The van der Waals surface area contributed by atoms with E-state index in [2.05, 4.69) is 5.32 Å². The summed E-state index contributed by atoms with van der Waals surface area (Å²) in [5, 5.41) is 5.33. The van der Waals surface area contributed by atoms with Crippen LogP contribution in [0.15, 0.2) is 53.9 Å². The standard InChI is InChI=1S/C19H16N2O3S/c20-18-17(19(22)21-9-12-4-2-1-3-5-12)14(10-25-18)13-6-7-15-16(8-13)24-11-23-15/h1-8,10H,9,11,20H2,(H,21,22). The molecule has 25 heavy (non-hydrogen) atoms. The van der Waals surface area contributed by atoms with Crippen LogP contribution >= 0.6 is 11.3 Å². The molecule has 0 saturated heterocycles. The molecule has 1 aliphatic heterocycles. The van der Waals surface area contributed by atoms with Crippen molar-refractivity contribution in [1.29, 1.82) is 0 Å². The van der Waals surface area contributed by atoms with Crippen LogP contribution in [-0.4, -0.2) is 12.7 Å². The van der Waals surface area contributed by atoms with Gasteiger partial charge in [-0.2, -0.15) is 0 Å². The second-order valence-electron chi connectivity index (χ2n) is 5.62. The van der Waals surface area contributed by atoms with Gasteiger partial charge in [-0.05, 0) is 23.3 Å². The lowest BCUT2D eigenvalue weighted by Crippen LogP contribution is -2.23. The van der Waals surface area contributed by atoms with E-state index in [1.165, 1.54) is 11.3 Å². The van der Waals surface area contributed by atoms with Crippen LogP contribution in [0, 0.1) is 0 Å². The van der Waals surface area contributed by atoms with Gasteiger partial charge in [-0.1, -0.05) is 36.4 Å². The van der Waals surface area contributed by atoms with E-state index in [0.29, 0.717) is 28.6 Å². The van der Waals surface area contributed by atoms with Crippen LogP contribution in [0.4, 0.5) is 5.00 Å². The van der Waals surface area contributed by atoms with Crippen LogP contribution in [0.5, 0.6) is 11.5 Å². The molecule has 1 aliphatic rings. The summed E-state index contributed by atoms with van der Waals surface area (Å²) in [6.07, 6.45) is 0. The molecule has 2 heterocycles. The topological polar surface area (TPSA) is 73.6 Å². The number of anilines is 1. The smallest absolute Gasteiger partial charge is 0.255 e. The highest BCUT2D eigenvalue weighted by Crippen LogP contribution is 2.39. The van der Waals surface area contributed by atoms with Gasteiger partial charge in [0.05, 0.1) is 10.6 Å². The Morgan fingerprint density at radius 3 is 2.76 bits per heavy atom. The minimum atomic E-state index is -0.185. The number of nitrogens with one attached hydrogen (secondary N) is 1. The number of hydrogen-bond acceptors (Lipinski definition) is 5. The zero-order valence-corrected chi connectivity index (χ0v) is 14.1. The SMILES string of the molecule is Nc1scc(-c2ccc3c(c2)OCO3)c1C(=O)NCc1ccccc1. The van der Waals surface area contributed by atoms with E-state index >= 15 is 0 Å². The van der Waals surface area contributed by atoms with Gasteiger partial charge in [-0.3, -0.25) is 4.79 Å². The number of carbonyl (C=O) groups is 1. The number of benzene rings is 2. The Hall–Kier alpha value is -2.99. The summed E-state index contributed by atoms with van der Waals surface area (Å²) in [6.45, 7) is 0.671. The minimum absolute atomic E-state index is 0.185. The summed E-state index contributed by atoms with van der Waals surface area (Å²) in [5.41, 5.74) is 9.27. The van der Waals surface area contributed by atoms with Crippen LogP contribution in [0.2, 0.25) is 0 Å². The molecule has 126 valence electrons. The third-order valence-corrected chi connectivity index (χ3v) is 4.84. The lowest BCUT2D eigenvalue weighted by molar-refractivity contribution is 0.0953. The van der Waals surface area contributed by atoms with Crippen molar-refractivity contribution in [2.75, 3.05) is 12.5 Å². The van der Waals surface area contributed by atoms with E-state index in [1.807, 2.05) is 53.9 Å². The Kier molecular flexibility index (Phi) is 4.03. The van der Waals surface area contributed by atoms with Gasteiger partial charge in [0.1, 0.15) is 0 Å². The number of rotatable bonds is 4. The highest BCUT2D eigenvalue weighted by molar-refractivity contribution is 7.15. The van der Waals surface area contributed by atoms with E-state index < -0.39 is 0 Å². The largest absolute Gasteiger partial charge is 0.454 e. The summed E-state index contributed by atoms with van der Waals surface area (Å²) >= 11 is 1.35. The maximum Gasteiger partial charge on any atom is 0.255 e. The van der Waals surface area contributed by atoms with Gasteiger partial charge in [-0.15, -0.1) is 11.3 Å². The van der Waals surface area contributed by atoms with Gasteiger partial charge in [-0.25, -0.2) is 0 Å². The average molecular weight is 352 g/mol. The van der Waals surface area contributed by atoms with Gasteiger partial charge in [0, 0.05) is 17.5 Å². The molecule has 0 radical (unpaired) electrons. The number of hydrogen-bond donors (Lipinski definition) is 2. The van der Waals surface area contributed by atoms with E-state index in [-0.39, 0.29) is 12.7 Å². The summed E-state index contributed by atoms with van der Waals surface area (Å²) in [4.78, 5) is 12.7. The third kappa shape index (κ3) is 3.04. The molecular formula is C19H16N2O3S. The Balaban J connectivity index is 1.60. The number of nitrogens with two attached hydrogens (primary N) is 1. The van der Waals surface area contributed by atoms with Crippen molar-refractivity contribution in [3.63, 3.8) is 0 Å². The number of thiophene rings is 1. The molecule has 0 aliphatic carbocycles. The van der Waals surface area contributed by atoms with Crippen LogP contribution in [0.25, 0.3) is 11.1 Å². The first-order chi connectivity index (χ1) is 12.2. The molecule has 4 rings (SSSR count). The number of carbonyl (C=O) groups excluding carboxylic acids is 1. The van der Waals surface area contributed by atoms with E-state index in [4.69, 9.17) is 15.2 Å². The average Bonchev–Trinajstić information content (AvgIpc) is 3.26. The van der Waals surface area contributed by atoms with Crippen molar-refractivity contribution in [2.45, 2.75) is 6.54 Å². The molecule has 0 fully saturated rings. The molecule has 6 heteroatoms. The lowest BCUT2D eigenvalue weighted by Gasteiger charge is -2.08. The molecule has 0 atom stereocenters. The molecule has 2 aromatic carbocycles. The van der Waals surface area contributed by atoms with Gasteiger partial charge >= 0.3 is 0 Å². The molecule has 1 aromatic heterocycles. The second-order valence-corrected chi connectivity index (χ2v) is 6.54. The van der Waals surface area contributed by atoms with Crippen LogP contribution in [-0.2, 0) is 6.54 Å². The molecule has 0 spiro atoms. The molecule has 0 bridgehead atoms. The predicted molar refractivity (Wildman–Crippen MR) is 97.9 cm³/mol. The van der Waals surface area contributed by atoms with Crippen LogP contribution in [0.1, 0.15) is 15.9 Å². The quantitative estimate of drug-likeness (QED) is 0.752. The Morgan fingerprint density at radius 1 is 1.12 bits per heavy atom. The number of amides is 1. The first-order valence-corrected chi connectivity index (χ1v) is 8.69. The maximum atomic E-state index is 12.7. The summed E-state index contributed by atoms with van der Waals surface area (Å²) in [5.74, 6) is 1.20. The highest BCUT2D eigenvalue weighted by Gasteiger charge is 2.21. The lowest BCUT2D eigenvalue weighted by atomic mass is 10.0. The molecule has 3 N–H and O–H groups in total. The number of fused-ring (bicyclic) bond motifs is 1. The third-order valence-electron chi connectivity index (χ3n) is 4.03. The van der Waals surface area contributed by atoms with Gasteiger partial charge in [0.15, 0.2) is 11.5 Å². The molecule has 1 amide bonds. The van der Waals surface area contributed by atoms with Crippen molar-refractivity contribution in [1.82, 2.24) is 5.32 Å². The fourth-order valence-electron chi connectivity index (χ4n) is 2.75. The van der Waals surface area contributed by atoms with Crippen molar-refractivity contribution >= 4 is 22.2 Å². The van der Waals surface area contributed by atoms with Crippen molar-refractivity contribution in [3.05, 3.63) is 65.0 Å². The number of ether oxygens (including phenoxy) is 2. The molecule has 0 unspecified atom stereocenters. The predicted octanol–water partition coefficient (Wildman–Crippen LogP) is 3.66. The normalized spacial score (nSPS) is 12.2. The van der Waals surface area contributed by atoms with Crippen molar-refractivity contribution in [2.24, 2.45) is 0 Å². The fraction of sp³-hybridized carbons (Fsp3) is 0.105. The fourth-order valence-corrected chi connectivity index (χ4v) is 3.57. The van der Waals surface area contributed by atoms with E-state index in [9.17, 15) is 4.79 Å². The molecule has 3 aromatic rings.